The zero-order valence-electron chi connectivity index (χ0n) is 13.8. The highest BCUT2D eigenvalue weighted by molar-refractivity contribution is 5.95. The topological polar surface area (TPSA) is 64.2 Å². The Bertz CT molecular complexity index is 678. The minimum absolute atomic E-state index is 0.0104. The monoisotopic (exact) mass is 312 g/mol. The second-order valence-electron chi connectivity index (χ2n) is 6.33. The number of amides is 1. The van der Waals surface area contributed by atoms with Gasteiger partial charge in [0.1, 0.15) is 0 Å². The number of carbonyl (C=O) groups excluding carboxylic acids is 1. The fourth-order valence-corrected chi connectivity index (χ4v) is 3.29. The highest BCUT2D eigenvalue weighted by Gasteiger charge is 2.31. The van der Waals surface area contributed by atoms with E-state index >= 15 is 0 Å². The molecule has 2 aromatic rings. The largest absolute Gasteiger partial charge is 0.334 e. The number of para-hydroxylation sites is 1. The van der Waals surface area contributed by atoms with E-state index in [4.69, 9.17) is 5.73 Å². The summed E-state index contributed by atoms with van der Waals surface area (Å²) in [5, 5.41) is 4.50. The van der Waals surface area contributed by atoms with Crippen LogP contribution in [-0.4, -0.2) is 39.2 Å². The zero-order chi connectivity index (χ0) is 16.4. The molecule has 0 spiro atoms. The molecule has 2 atom stereocenters. The molecule has 3 rings (SSSR count). The molecule has 1 fully saturated rings. The molecule has 1 aromatic carbocycles. The summed E-state index contributed by atoms with van der Waals surface area (Å²) in [6.07, 6.45) is 4.99. The fraction of sp³-hybridized carbons (Fsp3) is 0.444. The van der Waals surface area contributed by atoms with Crippen LogP contribution in [0.5, 0.6) is 0 Å². The van der Waals surface area contributed by atoms with Crippen molar-refractivity contribution in [2.75, 3.05) is 6.54 Å². The van der Waals surface area contributed by atoms with Crippen molar-refractivity contribution in [3.8, 4) is 5.69 Å². The van der Waals surface area contributed by atoms with Crippen molar-refractivity contribution in [3.63, 3.8) is 0 Å². The maximum atomic E-state index is 13.0. The van der Waals surface area contributed by atoms with Gasteiger partial charge in [-0.3, -0.25) is 4.79 Å². The minimum atomic E-state index is -0.0104. The molecule has 5 heteroatoms. The van der Waals surface area contributed by atoms with Crippen molar-refractivity contribution < 1.29 is 4.79 Å². The van der Waals surface area contributed by atoms with Gasteiger partial charge in [0, 0.05) is 24.8 Å². The van der Waals surface area contributed by atoms with Crippen LogP contribution >= 0.6 is 0 Å². The molecule has 2 N–H and O–H groups in total. The van der Waals surface area contributed by atoms with Crippen LogP contribution in [0.2, 0.25) is 0 Å². The smallest absolute Gasteiger partial charge is 0.257 e. The normalized spacial score (nSPS) is 19.6. The first-order chi connectivity index (χ1) is 11.1. The van der Waals surface area contributed by atoms with Crippen molar-refractivity contribution in [3.05, 3.63) is 47.8 Å². The minimum Gasteiger partial charge on any atom is -0.334 e. The molecular weight excluding hydrogens is 288 g/mol. The SMILES string of the molecule is Cc1nn(-c2ccccc2)cc1C(=O)N1CCCCC1C(C)N. The van der Waals surface area contributed by atoms with Gasteiger partial charge in [0.2, 0.25) is 0 Å². The van der Waals surface area contributed by atoms with Gasteiger partial charge in [0.05, 0.1) is 16.9 Å². The molecule has 0 aliphatic carbocycles. The van der Waals surface area contributed by atoms with E-state index in [1.807, 2.05) is 55.3 Å². The standard InChI is InChI=1S/C18H24N4O/c1-13(19)17-10-6-7-11-21(17)18(23)16-12-22(20-14(16)2)15-8-4-3-5-9-15/h3-5,8-9,12-13,17H,6-7,10-11,19H2,1-2H3. The summed E-state index contributed by atoms with van der Waals surface area (Å²) in [7, 11) is 0. The lowest BCUT2D eigenvalue weighted by Gasteiger charge is -2.38. The van der Waals surface area contributed by atoms with Gasteiger partial charge in [-0.15, -0.1) is 0 Å². The van der Waals surface area contributed by atoms with Gasteiger partial charge in [-0.1, -0.05) is 18.2 Å². The van der Waals surface area contributed by atoms with E-state index in [-0.39, 0.29) is 18.0 Å². The summed E-state index contributed by atoms with van der Waals surface area (Å²) >= 11 is 0. The predicted molar refractivity (Wildman–Crippen MR) is 90.6 cm³/mol. The Hall–Kier alpha value is -2.14. The second kappa shape index (κ2) is 6.54. The first kappa shape index (κ1) is 15.7. The molecule has 0 saturated carbocycles. The van der Waals surface area contributed by atoms with Crippen LogP contribution in [-0.2, 0) is 0 Å². The number of rotatable bonds is 3. The Labute approximate surface area is 137 Å². The van der Waals surface area contributed by atoms with Gasteiger partial charge in [0.15, 0.2) is 0 Å². The Morgan fingerprint density at radius 3 is 2.74 bits per heavy atom. The molecule has 1 aromatic heterocycles. The number of benzene rings is 1. The molecule has 1 saturated heterocycles. The molecule has 1 aliphatic rings. The number of piperidine rings is 1. The van der Waals surface area contributed by atoms with E-state index in [1.165, 1.54) is 0 Å². The van der Waals surface area contributed by atoms with Crippen LogP contribution in [0.1, 0.15) is 42.2 Å². The fourth-order valence-electron chi connectivity index (χ4n) is 3.29. The van der Waals surface area contributed by atoms with Crippen LogP contribution < -0.4 is 5.73 Å². The van der Waals surface area contributed by atoms with E-state index in [0.29, 0.717) is 5.56 Å². The van der Waals surface area contributed by atoms with Crippen LogP contribution in [0.15, 0.2) is 36.5 Å². The molecule has 122 valence electrons. The van der Waals surface area contributed by atoms with E-state index < -0.39 is 0 Å². The number of nitrogens with two attached hydrogens (primary N) is 1. The number of hydrogen-bond acceptors (Lipinski definition) is 3. The molecule has 0 radical (unpaired) electrons. The third kappa shape index (κ3) is 3.15. The zero-order valence-corrected chi connectivity index (χ0v) is 13.8. The highest BCUT2D eigenvalue weighted by Crippen LogP contribution is 2.23. The number of aromatic nitrogens is 2. The molecule has 0 bridgehead atoms. The molecule has 23 heavy (non-hydrogen) atoms. The Morgan fingerprint density at radius 1 is 1.30 bits per heavy atom. The van der Waals surface area contributed by atoms with E-state index in [0.717, 1.165) is 37.2 Å². The van der Waals surface area contributed by atoms with Gasteiger partial charge >= 0.3 is 0 Å². The molecule has 5 nitrogen and oxygen atoms in total. The summed E-state index contributed by atoms with van der Waals surface area (Å²) in [5.41, 5.74) is 8.47. The van der Waals surface area contributed by atoms with E-state index in [1.54, 1.807) is 4.68 Å². The quantitative estimate of drug-likeness (QED) is 0.947. The van der Waals surface area contributed by atoms with Crippen LogP contribution in [0.4, 0.5) is 0 Å². The maximum absolute atomic E-state index is 13.0. The Morgan fingerprint density at radius 2 is 2.04 bits per heavy atom. The van der Waals surface area contributed by atoms with Crippen LogP contribution in [0, 0.1) is 6.92 Å². The van der Waals surface area contributed by atoms with Crippen LogP contribution in [0.25, 0.3) is 5.69 Å². The van der Waals surface area contributed by atoms with Gasteiger partial charge < -0.3 is 10.6 Å². The predicted octanol–water partition coefficient (Wildman–Crippen LogP) is 2.52. The third-order valence-electron chi connectivity index (χ3n) is 4.57. The van der Waals surface area contributed by atoms with Crippen molar-refractivity contribution in [2.45, 2.75) is 45.2 Å². The lowest BCUT2D eigenvalue weighted by atomic mass is 9.96. The summed E-state index contributed by atoms with van der Waals surface area (Å²) in [6, 6.07) is 9.96. The van der Waals surface area contributed by atoms with Gasteiger partial charge in [-0.05, 0) is 45.2 Å². The van der Waals surface area contributed by atoms with Crippen molar-refractivity contribution in [1.82, 2.24) is 14.7 Å². The number of likely N-dealkylation sites (tertiary alicyclic amines) is 1. The Balaban J connectivity index is 1.89. The summed E-state index contributed by atoms with van der Waals surface area (Å²) in [4.78, 5) is 14.9. The van der Waals surface area contributed by atoms with Gasteiger partial charge in [0.25, 0.3) is 5.91 Å². The first-order valence-electron chi connectivity index (χ1n) is 8.26. The van der Waals surface area contributed by atoms with Crippen molar-refractivity contribution >= 4 is 5.91 Å². The maximum Gasteiger partial charge on any atom is 0.257 e. The molecule has 1 amide bonds. The molecule has 1 aliphatic heterocycles. The summed E-state index contributed by atoms with van der Waals surface area (Å²) in [6.45, 7) is 4.65. The Kier molecular flexibility index (Phi) is 4.48. The first-order valence-corrected chi connectivity index (χ1v) is 8.26. The number of aryl methyl sites for hydroxylation is 1. The molecule has 2 unspecified atom stereocenters. The number of hydrogen-bond donors (Lipinski definition) is 1. The highest BCUT2D eigenvalue weighted by atomic mass is 16.2. The average Bonchev–Trinajstić information content (AvgIpc) is 2.97. The second-order valence-corrected chi connectivity index (χ2v) is 6.33. The lowest BCUT2D eigenvalue weighted by molar-refractivity contribution is 0.0583. The molecular formula is C18H24N4O. The van der Waals surface area contributed by atoms with E-state index in [9.17, 15) is 4.79 Å². The number of carbonyl (C=O) groups is 1. The number of nitrogens with zero attached hydrogens (tertiary/aromatic N) is 3. The third-order valence-corrected chi connectivity index (χ3v) is 4.57. The molecule has 2 heterocycles. The lowest BCUT2D eigenvalue weighted by Crippen LogP contribution is -2.51. The van der Waals surface area contributed by atoms with Crippen molar-refractivity contribution in [2.24, 2.45) is 5.73 Å². The summed E-state index contributed by atoms with van der Waals surface area (Å²) in [5.74, 6) is 0.0479. The average molecular weight is 312 g/mol. The van der Waals surface area contributed by atoms with E-state index in [2.05, 4.69) is 5.10 Å². The van der Waals surface area contributed by atoms with Crippen LogP contribution in [0.3, 0.4) is 0 Å². The van der Waals surface area contributed by atoms with Crippen molar-refractivity contribution in [1.29, 1.82) is 0 Å². The van der Waals surface area contributed by atoms with Gasteiger partial charge in [-0.25, -0.2) is 4.68 Å². The van der Waals surface area contributed by atoms with Gasteiger partial charge in [-0.2, -0.15) is 5.10 Å². The summed E-state index contributed by atoms with van der Waals surface area (Å²) < 4.78 is 1.77.